The summed E-state index contributed by atoms with van der Waals surface area (Å²) in [7, 11) is 0. The van der Waals surface area contributed by atoms with Crippen molar-refractivity contribution in [2.45, 2.75) is 18.1 Å². The molecule has 24 heavy (non-hydrogen) atoms. The Morgan fingerprint density at radius 2 is 1.96 bits per heavy atom. The van der Waals surface area contributed by atoms with E-state index in [9.17, 15) is 23.2 Å². The van der Waals surface area contributed by atoms with Crippen molar-refractivity contribution in [3.8, 4) is 5.75 Å². The Hall–Kier alpha value is -2.43. The Bertz CT molecular complexity index is 708. The monoisotopic (exact) mass is 407 g/mol. The van der Waals surface area contributed by atoms with Gasteiger partial charge in [-0.05, 0) is 15.9 Å². The summed E-state index contributed by atoms with van der Waals surface area (Å²) in [6, 6.07) is 0.00551. The number of carbonyl (C=O) groups is 3. The van der Waals surface area contributed by atoms with Gasteiger partial charge >= 0.3 is 6.09 Å². The van der Waals surface area contributed by atoms with Crippen LogP contribution in [0.15, 0.2) is 16.6 Å². The van der Waals surface area contributed by atoms with E-state index in [1.54, 1.807) is 0 Å². The number of primary amides is 2. The van der Waals surface area contributed by atoms with Gasteiger partial charge in [0, 0.05) is 18.6 Å². The average Bonchev–Trinajstić information content (AvgIpc) is 2.86. The molecule has 1 saturated heterocycles. The van der Waals surface area contributed by atoms with E-state index in [1.165, 1.54) is 0 Å². The smallest absolute Gasteiger partial charge is 0.408 e. The van der Waals surface area contributed by atoms with E-state index in [0.717, 1.165) is 6.07 Å². The normalized spacial score (nSPS) is 23.1. The van der Waals surface area contributed by atoms with Crippen molar-refractivity contribution in [2.24, 2.45) is 11.5 Å². The van der Waals surface area contributed by atoms with Gasteiger partial charge in [0.25, 0.3) is 5.91 Å². The fourth-order valence-electron chi connectivity index (χ4n) is 2.45. The summed E-state index contributed by atoms with van der Waals surface area (Å²) in [4.78, 5) is 35.1. The highest BCUT2D eigenvalue weighted by Crippen LogP contribution is 2.37. The minimum atomic E-state index is -2.00. The summed E-state index contributed by atoms with van der Waals surface area (Å²) >= 11 is 2.84. The summed E-state index contributed by atoms with van der Waals surface area (Å²) in [5, 5.41) is 9.14. The first-order valence-corrected chi connectivity index (χ1v) is 7.29. The van der Waals surface area contributed by atoms with E-state index in [1.807, 2.05) is 0 Å². The molecule has 1 fully saturated rings. The van der Waals surface area contributed by atoms with Gasteiger partial charge < -0.3 is 21.3 Å². The Kier molecular flexibility index (Phi) is 4.65. The van der Waals surface area contributed by atoms with E-state index >= 15 is 0 Å². The summed E-state index contributed by atoms with van der Waals surface area (Å²) in [5.74, 6) is -4.49. The van der Waals surface area contributed by atoms with Crippen LogP contribution in [0, 0.1) is 11.6 Å². The molecule has 2 rings (SSSR count). The molecule has 3 amide bonds. The van der Waals surface area contributed by atoms with Crippen LogP contribution in [0.4, 0.5) is 13.6 Å². The minimum Gasteiger partial charge on any atom is -0.474 e. The van der Waals surface area contributed by atoms with E-state index < -0.39 is 59.9 Å². The molecule has 1 aliphatic heterocycles. The van der Waals surface area contributed by atoms with Crippen molar-refractivity contribution >= 4 is 33.8 Å². The zero-order valence-corrected chi connectivity index (χ0v) is 13.5. The van der Waals surface area contributed by atoms with Crippen LogP contribution in [0.5, 0.6) is 5.75 Å². The first-order valence-electron chi connectivity index (χ1n) is 6.50. The lowest BCUT2D eigenvalue weighted by Crippen LogP contribution is -2.51. The molecule has 130 valence electrons. The number of likely N-dealkylation sites (tertiary alicyclic amines) is 1. The molecule has 0 bridgehead atoms. The first-order chi connectivity index (χ1) is 11.1. The summed E-state index contributed by atoms with van der Waals surface area (Å²) in [6.07, 6.45) is -2.00. The predicted molar refractivity (Wildman–Crippen MR) is 78.9 cm³/mol. The second kappa shape index (κ2) is 6.23. The number of ether oxygens (including phenoxy) is 1. The second-order valence-electron chi connectivity index (χ2n) is 5.19. The Labute approximate surface area is 142 Å². The molecule has 0 unspecified atom stereocenters. The van der Waals surface area contributed by atoms with Crippen molar-refractivity contribution in [2.75, 3.05) is 6.54 Å². The maximum atomic E-state index is 13.6. The SMILES string of the molecule is NC(=O)[C@@H]1C[C@](Oc2cc(F)cc(F)c2Br)(C(N)=O)CN1C(=O)O. The Morgan fingerprint density at radius 3 is 2.42 bits per heavy atom. The van der Waals surface area contributed by atoms with Crippen molar-refractivity contribution in [3.63, 3.8) is 0 Å². The van der Waals surface area contributed by atoms with Crippen LogP contribution in [-0.2, 0) is 9.59 Å². The van der Waals surface area contributed by atoms with E-state index in [0.29, 0.717) is 11.0 Å². The van der Waals surface area contributed by atoms with Crippen molar-refractivity contribution < 1.29 is 33.0 Å². The van der Waals surface area contributed by atoms with Crippen LogP contribution in [0.1, 0.15) is 6.42 Å². The zero-order valence-electron chi connectivity index (χ0n) is 12.0. The van der Waals surface area contributed by atoms with E-state index in [4.69, 9.17) is 21.3 Å². The number of benzene rings is 1. The van der Waals surface area contributed by atoms with Crippen LogP contribution in [0.25, 0.3) is 0 Å². The van der Waals surface area contributed by atoms with Crippen LogP contribution >= 0.6 is 15.9 Å². The molecule has 0 spiro atoms. The maximum absolute atomic E-state index is 13.6. The standard InChI is InChI=1S/C13H12BrF2N3O5/c14-9-6(16)1-5(15)2-8(9)24-13(11(18)21)3-7(10(17)20)19(4-13)12(22)23/h1-2,7H,3-4H2,(H2,17,20)(H2,18,21)(H,22,23)/t7-,13+/m0/s1. The zero-order chi connectivity index (χ0) is 18.2. The molecule has 2 atom stereocenters. The molecular formula is C13H12BrF2N3O5. The third-order valence-electron chi connectivity index (χ3n) is 3.61. The number of rotatable bonds is 4. The van der Waals surface area contributed by atoms with Crippen molar-refractivity contribution in [3.05, 3.63) is 28.2 Å². The first kappa shape index (κ1) is 17.9. The lowest BCUT2D eigenvalue weighted by atomic mass is 9.98. The molecule has 1 aliphatic rings. The highest BCUT2D eigenvalue weighted by Gasteiger charge is 2.54. The molecule has 5 N–H and O–H groups in total. The fraction of sp³-hybridized carbons (Fsp3) is 0.308. The van der Waals surface area contributed by atoms with Gasteiger partial charge in [-0.2, -0.15) is 0 Å². The molecule has 1 aromatic carbocycles. The van der Waals surface area contributed by atoms with Gasteiger partial charge in [0.05, 0.1) is 11.0 Å². The average molecular weight is 408 g/mol. The largest absolute Gasteiger partial charge is 0.474 e. The molecule has 11 heteroatoms. The van der Waals surface area contributed by atoms with E-state index in [2.05, 4.69) is 15.9 Å². The minimum absolute atomic E-state index is 0.283. The maximum Gasteiger partial charge on any atom is 0.408 e. The van der Waals surface area contributed by atoms with Crippen LogP contribution < -0.4 is 16.2 Å². The van der Waals surface area contributed by atoms with Gasteiger partial charge in [0.1, 0.15) is 23.4 Å². The lowest BCUT2D eigenvalue weighted by molar-refractivity contribution is -0.132. The number of halogens is 3. The number of carbonyl (C=O) groups excluding carboxylic acids is 2. The van der Waals surface area contributed by atoms with Gasteiger partial charge in [0.15, 0.2) is 0 Å². The highest BCUT2D eigenvalue weighted by molar-refractivity contribution is 9.10. The topological polar surface area (TPSA) is 136 Å². The summed E-state index contributed by atoms with van der Waals surface area (Å²) < 4.78 is 32.0. The Morgan fingerprint density at radius 1 is 1.33 bits per heavy atom. The van der Waals surface area contributed by atoms with Gasteiger partial charge in [-0.15, -0.1) is 0 Å². The molecule has 1 heterocycles. The van der Waals surface area contributed by atoms with Gasteiger partial charge in [0.2, 0.25) is 11.5 Å². The van der Waals surface area contributed by atoms with E-state index in [-0.39, 0.29) is 4.47 Å². The molecule has 0 aliphatic carbocycles. The molecule has 8 nitrogen and oxygen atoms in total. The fourth-order valence-corrected chi connectivity index (χ4v) is 2.76. The number of carboxylic acid groups (broad SMARTS) is 1. The predicted octanol–water partition coefficient (Wildman–Crippen LogP) is 0.568. The molecule has 1 aromatic rings. The number of hydrogen-bond acceptors (Lipinski definition) is 4. The number of hydrogen-bond donors (Lipinski definition) is 3. The third kappa shape index (κ3) is 3.11. The molecular weight excluding hydrogens is 396 g/mol. The van der Waals surface area contributed by atoms with Crippen LogP contribution in [0.2, 0.25) is 0 Å². The summed E-state index contributed by atoms with van der Waals surface area (Å²) in [6.45, 7) is -0.615. The van der Waals surface area contributed by atoms with Crippen molar-refractivity contribution in [1.29, 1.82) is 0 Å². The van der Waals surface area contributed by atoms with Gasteiger partial charge in [-0.3, -0.25) is 14.5 Å². The molecule has 0 saturated carbocycles. The second-order valence-corrected chi connectivity index (χ2v) is 5.99. The molecule has 0 radical (unpaired) electrons. The van der Waals surface area contributed by atoms with Crippen molar-refractivity contribution in [1.82, 2.24) is 4.90 Å². The third-order valence-corrected chi connectivity index (χ3v) is 4.38. The summed E-state index contributed by atoms with van der Waals surface area (Å²) in [5.41, 5.74) is 8.43. The van der Waals surface area contributed by atoms with Gasteiger partial charge in [-0.1, -0.05) is 0 Å². The lowest BCUT2D eigenvalue weighted by Gasteiger charge is -2.27. The Balaban J connectivity index is 2.46. The quantitative estimate of drug-likeness (QED) is 0.626. The molecule has 0 aromatic heterocycles. The van der Waals surface area contributed by atoms with Gasteiger partial charge in [-0.25, -0.2) is 13.6 Å². The number of nitrogens with two attached hydrogens (primary N) is 2. The van der Waals surface area contributed by atoms with Crippen LogP contribution in [0.3, 0.4) is 0 Å². The highest BCUT2D eigenvalue weighted by atomic mass is 79.9. The number of nitrogens with zero attached hydrogens (tertiary/aromatic N) is 1. The van der Waals surface area contributed by atoms with Crippen LogP contribution in [-0.4, -0.2) is 46.1 Å². The number of amides is 3.